The molecule has 5 nitrogen and oxygen atoms in total. The second kappa shape index (κ2) is 6.60. The number of furan rings is 1. The van der Waals surface area contributed by atoms with Crippen molar-refractivity contribution in [3.8, 4) is 0 Å². The molecule has 126 valence electrons. The molecule has 1 aromatic carbocycles. The fraction of sp³-hybridized carbons (Fsp3) is 0.294. The minimum absolute atomic E-state index is 0.216. The summed E-state index contributed by atoms with van der Waals surface area (Å²) in [6, 6.07) is 4.18. The van der Waals surface area contributed by atoms with E-state index in [0.29, 0.717) is 17.9 Å². The van der Waals surface area contributed by atoms with Crippen LogP contribution in [0.3, 0.4) is 0 Å². The van der Waals surface area contributed by atoms with E-state index in [9.17, 15) is 9.18 Å². The maximum Gasteiger partial charge on any atom is 0.317 e. The summed E-state index contributed by atoms with van der Waals surface area (Å²) in [5.74, 6) is 0.321. The molecule has 3 rings (SSSR count). The standard InChI is InChI=1S/C17H18FN3O2S/c1-10-14-6-12(18)4-5-15(14)23-16(10)7-19-17(22)21(3)8-13-9-24-11(2)20-13/h4-6,9H,7-8H2,1-3H3,(H,19,22). The first kappa shape index (κ1) is 16.4. The zero-order chi connectivity index (χ0) is 17.3. The molecule has 1 N–H and O–H groups in total. The van der Waals surface area contributed by atoms with Crippen molar-refractivity contribution >= 4 is 28.3 Å². The molecule has 0 atom stereocenters. The number of amides is 2. The van der Waals surface area contributed by atoms with Gasteiger partial charge in [-0.3, -0.25) is 0 Å². The lowest BCUT2D eigenvalue weighted by Gasteiger charge is -2.16. The van der Waals surface area contributed by atoms with Gasteiger partial charge in [0, 0.05) is 23.4 Å². The number of urea groups is 1. The molecule has 0 fully saturated rings. The Morgan fingerprint density at radius 2 is 2.21 bits per heavy atom. The van der Waals surface area contributed by atoms with Crippen molar-refractivity contribution < 1.29 is 13.6 Å². The van der Waals surface area contributed by atoms with Crippen LogP contribution in [0.25, 0.3) is 11.0 Å². The Balaban J connectivity index is 1.64. The van der Waals surface area contributed by atoms with Gasteiger partial charge in [-0.05, 0) is 32.0 Å². The summed E-state index contributed by atoms with van der Waals surface area (Å²) < 4.78 is 19.0. The molecule has 0 aliphatic rings. The maximum absolute atomic E-state index is 13.3. The minimum atomic E-state index is -0.305. The van der Waals surface area contributed by atoms with E-state index < -0.39 is 0 Å². The Bertz CT molecular complexity index is 887. The predicted molar refractivity (Wildman–Crippen MR) is 91.5 cm³/mol. The van der Waals surface area contributed by atoms with Crippen LogP contribution in [0.15, 0.2) is 28.0 Å². The molecule has 0 aliphatic carbocycles. The van der Waals surface area contributed by atoms with Gasteiger partial charge in [0.1, 0.15) is 17.2 Å². The van der Waals surface area contributed by atoms with Gasteiger partial charge in [0.25, 0.3) is 0 Å². The van der Waals surface area contributed by atoms with Gasteiger partial charge in [-0.15, -0.1) is 11.3 Å². The molecule has 0 unspecified atom stereocenters. The van der Waals surface area contributed by atoms with E-state index in [1.54, 1.807) is 29.4 Å². The number of aromatic nitrogens is 1. The largest absolute Gasteiger partial charge is 0.459 e. The lowest BCUT2D eigenvalue weighted by atomic mass is 10.1. The number of thiazole rings is 1. The van der Waals surface area contributed by atoms with E-state index in [-0.39, 0.29) is 18.4 Å². The number of hydrogen-bond acceptors (Lipinski definition) is 4. The third kappa shape index (κ3) is 3.41. The molecule has 0 bridgehead atoms. The van der Waals surface area contributed by atoms with Gasteiger partial charge in [-0.25, -0.2) is 14.2 Å². The van der Waals surface area contributed by atoms with E-state index >= 15 is 0 Å². The summed E-state index contributed by atoms with van der Waals surface area (Å²) in [4.78, 5) is 18.1. The normalized spacial score (nSPS) is 11.0. The van der Waals surface area contributed by atoms with Crippen molar-refractivity contribution in [2.45, 2.75) is 26.9 Å². The summed E-state index contributed by atoms with van der Waals surface area (Å²) >= 11 is 1.56. The highest BCUT2D eigenvalue weighted by Gasteiger charge is 2.14. The van der Waals surface area contributed by atoms with Crippen LogP contribution in [0.5, 0.6) is 0 Å². The summed E-state index contributed by atoms with van der Waals surface area (Å²) in [6.45, 7) is 4.48. The second-order valence-corrected chi connectivity index (χ2v) is 6.73. The number of benzene rings is 1. The van der Waals surface area contributed by atoms with Crippen molar-refractivity contribution in [2.75, 3.05) is 7.05 Å². The van der Waals surface area contributed by atoms with Crippen LogP contribution in [0.2, 0.25) is 0 Å². The number of aryl methyl sites for hydroxylation is 2. The van der Waals surface area contributed by atoms with E-state index in [4.69, 9.17) is 4.42 Å². The van der Waals surface area contributed by atoms with E-state index in [1.807, 2.05) is 19.2 Å². The Labute approximate surface area is 143 Å². The lowest BCUT2D eigenvalue weighted by Crippen LogP contribution is -2.36. The predicted octanol–water partition coefficient (Wildman–Crippen LogP) is 3.99. The molecule has 0 saturated heterocycles. The van der Waals surface area contributed by atoms with Crippen LogP contribution >= 0.6 is 11.3 Å². The molecule has 7 heteroatoms. The van der Waals surface area contributed by atoms with Gasteiger partial charge >= 0.3 is 6.03 Å². The van der Waals surface area contributed by atoms with Gasteiger partial charge in [0.15, 0.2) is 0 Å². The Kier molecular flexibility index (Phi) is 4.53. The third-order valence-corrected chi connectivity index (χ3v) is 4.63. The Morgan fingerprint density at radius 1 is 1.42 bits per heavy atom. The quantitative estimate of drug-likeness (QED) is 0.776. The number of halogens is 1. The molecule has 2 amide bonds. The number of rotatable bonds is 4. The second-order valence-electron chi connectivity index (χ2n) is 5.66. The molecule has 0 radical (unpaired) electrons. The van der Waals surface area contributed by atoms with Crippen LogP contribution in [0, 0.1) is 19.7 Å². The number of fused-ring (bicyclic) bond motifs is 1. The maximum atomic E-state index is 13.3. The summed E-state index contributed by atoms with van der Waals surface area (Å²) in [6.07, 6.45) is 0. The van der Waals surface area contributed by atoms with Crippen molar-refractivity contribution in [1.29, 1.82) is 0 Å². The van der Waals surface area contributed by atoms with E-state index in [2.05, 4.69) is 10.3 Å². The number of hydrogen-bond donors (Lipinski definition) is 1. The lowest BCUT2D eigenvalue weighted by molar-refractivity contribution is 0.205. The SMILES string of the molecule is Cc1nc(CN(C)C(=O)NCc2oc3ccc(F)cc3c2C)cs1. The first-order valence-electron chi connectivity index (χ1n) is 7.51. The van der Waals surface area contributed by atoms with Gasteiger partial charge in [-0.2, -0.15) is 0 Å². The third-order valence-electron chi connectivity index (χ3n) is 3.81. The molecule has 0 aliphatic heterocycles. The zero-order valence-electron chi connectivity index (χ0n) is 13.7. The van der Waals surface area contributed by atoms with Gasteiger partial charge in [-0.1, -0.05) is 0 Å². The molecule has 2 heterocycles. The molecule has 0 spiro atoms. The zero-order valence-corrected chi connectivity index (χ0v) is 14.5. The smallest absolute Gasteiger partial charge is 0.317 e. The molecule has 24 heavy (non-hydrogen) atoms. The molecule has 2 aromatic heterocycles. The van der Waals surface area contributed by atoms with Gasteiger partial charge < -0.3 is 14.6 Å². The van der Waals surface area contributed by atoms with Crippen LogP contribution in [-0.4, -0.2) is 23.0 Å². The van der Waals surface area contributed by atoms with Gasteiger partial charge in [0.2, 0.25) is 0 Å². The monoisotopic (exact) mass is 347 g/mol. The highest BCUT2D eigenvalue weighted by Crippen LogP contribution is 2.25. The average molecular weight is 347 g/mol. The van der Waals surface area contributed by atoms with Crippen molar-refractivity contribution in [3.63, 3.8) is 0 Å². The first-order valence-corrected chi connectivity index (χ1v) is 8.39. The summed E-state index contributed by atoms with van der Waals surface area (Å²) in [5, 5.41) is 6.46. The minimum Gasteiger partial charge on any atom is -0.459 e. The van der Waals surface area contributed by atoms with Crippen LogP contribution in [0.1, 0.15) is 22.0 Å². The number of nitrogens with zero attached hydrogens (tertiary/aromatic N) is 2. The van der Waals surface area contributed by atoms with Crippen molar-refractivity contribution in [1.82, 2.24) is 15.2 Å². The highest BCUT2D eigenvalue weighted by atomic mass is 32.1. The first-order chi connectivity index (χ1) is 11.4. The number of carbonyl (C=O) groups is 1. The molecule has 0 saturated carbocycles. The van der Waals surface area contributed by atoms with Crippen LogP contribution in [-0.2, 0) is 13.1 Å². The summed E-state index contributed by atoms with van der Waals surface area (Å²) in [5.41, 5.74) is 2.32. The molecule has 3 aromatic rings. The number of carbonyl (C=O) groups excluding carboxylic acids is 1. The number of nitrogens with one attached hydrogen (secondary N) is 1. The molecular formula is C17H18FN3O2S. The fourth-order valence-electron chi connectivity index (χ4n) is 2.50. The van der Waals surface area contributed by atoms with Crippen molar-refractivity contribution in [3.05, 3.63) is 51.4 Å². The topological polar surface area (TPSA) is 58.4 Å². The fourth-order valence-corrected chi connectivity index (χ4v) is 3.10. The van der Waals surface area contributed by atoms with Crippen LogP contribution < -0.4 is 5.32 Å². The Morgan fingerprint density at radius 3 is 2.92 bits per heavy atom. The Hall–Kier alpha value is -2.41. The highest BCUT2D eigenvalue weighted by molar-refractivity contribution is 7.09. The van der Waals surface area contributed by atoms with E-state index in [0.717, 1.165) is 21.7 Å². The van der Waals surface area contributed by atoms with Gasteiger partial charge in [0.05, 0.1) is 23.8 Å². The molecular weight excluding hydrogens is 329 g/mol. The van der Waals surface area contributed by atoms with Crippen LogP contribution in [0.4, 0.5) is 9.18 Å². The average Bonchev–Trinajstić information content (AvgIpc) is 3.09. The summed E-state index contributed by atoms with van der Waals surface area (Å²) in [7, 11) is 1.71. The van der Waals surface area contributed by atoms with E-state index in [1.165, 1.54) is 12.1 Å². The van der Waals surface area contributed by atoms with Crippen molar-refractivity contribution in [2.24, 2.45) is 0 Å².